The lowest BCUT2D eigenvalue weighted by Gasteiger charge is -2.36. The molecule has 0 radical (unpaired) electrons. The van der Waals surface area contributed by atoms with Crippen LogP contribution in [0, 0.1) is 11.7 Å². The highest BCUT2D eigenvalue weighted by Crippen LogP contribution is 2.22. The molecular weight excluding hydrogens is 341 g/mol. The van der Waals surface area contributed by atoms with Crippen LogP contribution in [-0.4, -0.2) is 43.5 Å². The summed E-state index contributed by atoms with van der Waals surface area (Å²) in [6.45, 7) is 7.17. The zero-order valence-electron chi connectivity index (χ0n) is 16.1. The van der Waals surface area contributed by atoms with Gasteiger partial charge >= 0.3 is 0 Å². The van der Waals surface area contributed by atoms with E-state index in [9.17, 15) is 9.18 Å². The van der Waals surface area contributed by atoms with E-state index in [4.69, 9.17) is 0 Å². The van der Waals surface area contributed by atoms with E-state index in [2.05, 4.69) is 31.3 Å². The van der Waals surface area contributed by atoms with E-state index in [1.165, 1.54) is 11.6 Å². The number of nitrogens with one attached hydrogen (secondary N) is 1. The minimum Gasteiger partial charge on any atom is -0.366 e. The Bertz CT molecular complexity index is 742. The van der Waals surface area contributed by atoms with Gasteiger partial charge in [-0.15, -0.1) is 0 Å². The number of anilines is 1. The van der Waals surface area contributed by atoms with Crippen molar-refractivity contribution in [2.75, 3.05) is 37.6 Å². The summed E-state index contributed by atoms with van der Waals surface area (Å²) < 4.78 is 13.9. The van der Waals surface area contributed by atoms with Crippen molar-refractivity contribution >= 4 is 11.6 Å². The van der Waals surface area contributed by atoms with Crippen LogP contribution in [0.4, 0.5) is 10.1 Å². The van der Waals surface area contributed by atoms with Crippen molar-refractivity contribution in [1.29, 1.82) is 0 Å². The third-order valence-electron chi connectivity index (χ3n) is 5.12. The molecule has 1 saturated heterocycles. The molecule has 0 saturated carbocycles. The first-order chi connectivity index (χ1) is 13.1. The summed E-state index contributed by atoms with van der Waals surface area (Å²) in [7, 11) is 0. The zero-order chi connectivity index (χ0) is 19.2. The van der Waals surface area contributed by atoms with Crippen LogP contribution in [0.15, 0.2) is 54.6 Å². The van der Waals surface area contributed by atoms with Gasteiger partial charge in [-0.05, 0) is 23.6 Å². The second-order valence-corrected chi connectivity index (χ2v) is 7.33. The molecule has 0 spiro atoms. The molecule has 1 heterocycles. The number of carbonyl (C=O) groups is 1. The highest BCUT2D eigenvalue weighted by molar-refractivity contribution is 5.78. The van der Waals surface area contributed by atoms with E-state index >= 15 is 0 Å². The largest absolute Gasteiger partial charge is 0.366 e. The fourth-order valence-corrected chi connectivity index (χ4v) is 3.61. The minimum atomic E-state index is -0.207. The average Bonchev–Trinajstić information content (AvgIpc) is 2.69. The molecule has 5 heteroatoms. The van der Waals surface area contributed by atoms with E-state index in [-0.39, 0.29) is 17.8 Å². The molecule has 2 aromatic carbocycles. The van der Waals surface area contributed by atoms with E-state index in [0.717, 1.165) is 0 Å². The summed E-state index contributed by atoms with van der Waals surface area (Å²) >= 11 is 0. The Morgan fingerprint density at radius 1 is 1.00 bits per heavy atom. The van der Waals surface area contributed by atoms with Crippen LogP contribution >= 0.6 is 0 Å². The number of para-hydroxylation sites is 1. The molecule has 4 nitrogen and oxygen atoms in total. The van der Waals surface area contributed by atoms with Crippen LogP contribution in [-0.2, 0) is 4.79 Å². The molecule has 1 fully saturated rings. The van der Waals surface area contributed by atoms with Crippen LogP contribution in [0.1, 0.15) is 25.5 Å². The van der Waals surface area contributed by atoms with Crippen LogP contribution in [0.3, 0.4) is 0 Å². The molecule has 0 unspecified atom stereocenters. The Hall–Kier alpha value is -2.40. The van der Waals surface area contributed by atoms with Gasteiger partial charge in [0.2, 0.25) is 5.91 Å². The molecule has 3 rings (SSSR count). The van der Waals surface area contributed by atoms with E-state index in [1.807, 2.05) is 34.1 Å². The lowest BCUT2D eigenvalue weighted by atomic mass is 9.96. The lowest BCUT2D eigenvalue weighted by Crippen LogP contribution is -2.51. The molecule has 1 amide bonds. The number of nitrogens with zero attached hydrogens (tertiary/aromatic N) is 2. The topological polar surface area (TPSA) is 35.6 Å². The summed E-state index contributed by atoms with van der Waals surface area (Å²) in [5.74, 6) is 0.282. The third-order valence-corrected chi connectivity index (χ3v) is 5.12. The van der Waals surface area contributed by atoms with E-state index in [1.54, 1.807) is 12.1 Å². The Labute approximate surface area is 161 Å². The zero-order valence-corrected chi connectivity index (χ0v) is 16.1. The first-order valence-corrected chi connectivity index (χ1v) is 9.62. The van der Waals surface area contributed by atoms with Crippen molar-refractivity contribution in [2.24, 2.45) is 5.92 Å². The minimum absolute atomic E-state index is 0.102. The number of hydrogen-bond acceptors (Lipinski definition) is 3. The van der Waals surface area contributed by atoms with Gasteiger partial charge in [0, 0.05) is 32.2 Å². The van der Waals surface area contributed by atoms with Crippen molar-refractivity contribution in [2.45, 2.75) is 19.9 Å². The second-order valence-electron chi connectivity index (χ2n) is 7.33. The van der Waals surface area contributed by atoms with Gasteiger partial charge in [0.05, 0.1) is 12.2 Å². The predicted octanol–water partition coefficient (Wildman–Crippen LogP) is 3.46. The van der Waals surface area contributed by atoms with Crippen molar-refractivity contribution in [3.05, 3.63) is 66.0 Å². The maximum Gasteiger partial charge on any atom is 0.236 e. The van der Waals surface area contributed by atoms with Gasteiger partial charge in [-0.25, -0.2) is 4.39 Å². The van der Waals surface area contributed by atoms with E-state index < -0.39 is 0 Å². The standard InChI is InChI=1S/C22H28FN3O/c1-17(2)22(18-8-4-3-5-9-18)24-16-21(27)26-14-12-25(13-15-26)20-11-7-6-10-19(20)23/h3-11,17,22,24H,12-16H2,1-2H3/t22-/m1/s1. The quantitative estimate of drug-likeness (QED) is 0.847. The van der Waals surface area contributed by atoms with Crippen molar-refractivity contribution in [3.8, 4) is 0 Å². The van der Waals surface area contributed by atoms with Gasteiger partial charge in [0.15, 0.2) is 0 Å². The van der Waals surface area contributed by atoms with Crippen molar-refractivity contribution in [3.63, 3.8) is 0 Å². The van der Waals surface area contributed by atoms with Crippen LogP contribution in [0.25, 0.3) is 0 Å². The van der Waals surface area contributed by atoms with Crippen molar-refractivity contribution in [1.82, 2.24) is 10.2 Å². The summed E-state index contributed by atoms with van der Waals surface area (Å²) in [6.07, 6.45) is 0. The molecule has 27 heavy (non-hydrogen) atoms. The SMILES string of the molecule is CC(C)[C@@H](NCC(=O)N1CCN(c2ccccc2F)CC1)c1ccccc1. The molecule has 0 aliphatic carbocycles. The molecule has 1 aliphatic heterocycles. The normalized spacial score (nSPS) is 15.9. The predicted molar refractivity (Wildman–Crippen MR) is 107 cm³/mol. The third kappa shape index (κ3) is 4.86. The van der Waals surface area contributed by atoms with Crippen LogP contribution in [0.2, 0.25) is 0 Å². The number of benzene rings is 2. The second kappa shape index (κ2) is 9.00. The van der Waals surface area contributed by atoms with Crippen molar-refractivity contribution < 1.29 is 9.18 Å². The Kier molecular flexibility index (Phi) is 6.45. The Morgan fingerprint density at radius 3 is 2.26 bits per heavy atom. The molecule has 144 valence electrons. The number of rotatable bonds is 6. The van der Waals surface area contributed by atoms with Gasteiger partial charge in [-0.2, -0.15) is 0 Å². The number of halogens is 1. The highest BCUT2D eigenvalue weighted by Gasteiger charge is 2.24. The van der Waals surface area contributed by atoms with E-state index in [0.29, 0.717) is 44.3 Å². The monoisotopic (exact) mass is 369 g/mol. The Balaban J connectivity index is 1.53. The first-order valence-electron chi connectivity index (χ1n) is 9.62. The molecule has 1 atom stereocenters. The summed E-state index contributed by atoms with van der Waals surface area (Å²) in [5, 5.41) is 3.42. The molecular formula is C22H28FN3O. The molecule has 1 N–H and O–H groups in total. The highest BCUT2D eigenvalue weighted by atomic mass is 19.1. The summed E-state index contributed by atoms with van der Waals surface area (Å²) in [5.41, 5.74) is 1.82. The summed E-state index contributed by atoms with van der Waals surface area (Å²) in [4.78, 5) is 16.5. The number of hydrogen-bond donors (Lipinski definition) is 1. The van der Waals surface area contributed by atoms with Crippen LogP contribution in [0.5, 0.6) is 0 Å². The smallest absolute Gasteiger partial charge is 0.236 e. The first kappa shape index (κ1) is 19.4. The number of carbonyl (C=O) groups excluding carboxylic acids is 1. The fourth-order valence-electron chi connectivity index (χ4n) is 3.61. The fraction of sp³-hybridized carbons (Fsp3) is 0.409. The van der Waals surface area contributed by atoms with Gasteiger partial charge in [-0.3, -0.25) is 4.79 Å². The summed E-state index contributed by atoms with van der Waals surface area (Å²) in [6, 6.07) is 17.2. The molecule has 0 bridgehead atoms. The maximum atomic E-state index is 13.9. The molecule has 1 aliphatic rings. The number of piperazine rings is 1. The maximum absolute atomic E-state index is 13.9. The van der Waals surface area contributed by atoms with Crippen LogP contribution < -0.4 is 10.2 Å². The van der Waals surface area contributed by atoms with Gasteiger partial charge < -0.3 is 15.1 Å². The lowest BCUT2D eigenvalue weighted by molar-refractivity contribution is -0.130. The van der Waals surface area contributed by atoms with Gasteiger partial charge in [-0.1, -0.05) is 56.3 Å². The average molecular weight is 369 g/mol. The van der Waals surface area contributed by atoms with Gasteiger partial charge in [0.1, 0.15) is 5.82 Å². The number of amides is 1. The molecule has 0 aromatic heterocycles. The molecule has 2 aromatic rings. The Morgan fingerprint density at radius 2 is 1.63 bits per heavy atom. The van der Waals surface area contributed by atoms with Gasteiger partial charge in [0.25, 0.3) is 0 Å².